The lowest BCUT2D eigenvalue weighted by atomic mass is 9.96. The summed E-state index contributed by atoms with van der Waals surface area (Å²) >= 11 is 1.64. The molecule has 160 valence electrons. The quantitative estimate of drug-likeness (QED) is 0.594. The largest absolute Gasteiger partial charge is 0.494 e. The SMILES string of the molecule is CO/N=C1/CCCc2cc(-c3ccc4c(=O)c(C(=O)O)cn(C5CC5)c4c3OC)sc21. The van der Waals surface area contributed by atoms with Crippen molar-refractivity contribution >= 4 is 33.9 Å². The van der Waals surface area contributed by atoms with Crippen LogP contribution in [-0.4, -0.2) is 35.6 Å². The van der Waals surface area contributed by atoms with Crippen molar-refractivity contribution in [2.75, 3.05) is 14.2 Å². The molecule has 2 aliphatic carbocycles. The summed E-state index contributed by atoms with van der Waals surface area (Å²) in [4.78, 5) is 31.7. The number of methoxy groups -OCH3 is 1. The van der Waals surface area contributed by atoms with E-state index in [2.05, 4.69) is 11.2 Å². The average Bonchev–Trinajstić information content (AvgIpc) is 3.51. The van der Waals surface area contributed by atoms with Gasteiger partial charge in [-0.05, 0) is 55.9 Å². The molecule has 0 spiro atoms. The van der Waals surface area contributed by atoms with Gasteiger partial charge in [0.1, 0.15) is 12.7 Å². The van der Waals surface area contributed by atoms with E-state index in [-0.39, 0.29) is 11.6 Å². The molecule has 3 aromatic rings. The molecular weight excluding hydrogens is 416 g/mol. The molecule has 1 fully saturated rings. The maximum absolute atomic E-state index is 12.9. The predicted molar refractivity (Wildman–Crippen MR) is 120 cm³/mol. The zero-order valence-electron chi connectivity index (χ0n) is 17.3. The molecule has 2 aliphatic rings. The van der Waals surface area contributed by atoms with Gasteiger partial charge in [-0.3, -0.25) is 4.79 Å². The Balaban J connectivity index is 1.76. The van der Waals surface area contributed by atoms with Crippen LogP contribution in [-0.2, 0) is 11.3 Å². The first-order valence-corrected chi connectivity index (χ1v) is 11.1. The van der Waals surface area contributed by atoms with E-state index in [4.69, 9.17) is 9.57 Å². The Hall–Kier alpha value is -3.13. The van der Waals surface area contributed by atoms with E-state index >= 15 is 0 Å². The number of ether oxygens (including phenoxy) is 1. The van der Waals surface area contributed by atoms with Gasteiger partial charge in [0.25, 0.3) is 0 Å². The minimum Gasteiger partial charge on any atom is -0.494 e. The number of oxime groups is 1. The molecule has 0 amide bonds. The second-order valence-corrected chi connectivity index (χ2v) is 8.95. The first-order chi connectivity index (χ1) is 15.0. The van der Waals surface area contributed by atoms with Crippen molar-refractivity contribution in [3.8, 4) is 16.2 Å². The fraction of sp³-hybridized carbons (Fsp3) is 0.348. The van der Waals surface area contributed by atoms with Gasteiger partial charge in [-0.25, -0.2) is 4.79 Å². The number of hydrogen-bond acceptors (Lipinski definition) is 6. The van der Waals surface area contributed by atoms with Gasteiger partial charge in [-0.15, -0.1) is 11.3 Å². The summed E-state index contributed by atoms with van der Waals surface area (Å²) < 4.78 is 7.75. The number of carboxylic acid groups (broad SMARTS) is 1. The lowest BCUT2D eigenvalue weighted by Gasteiger charge is -2.17. The molecule has 0 saturated heterocycles. The number of nitrogens with zero attached hydrogens (tertiary/aromatic N) is 2. The lowest BCUT2D eigenvalue weighted by Crippen LogP contribution is -2.19. The first kappa shape index (κ1) is 19.8. The molecule has 0 atom stereocenters. The predicted octanol–water partition coefficient (Wildman–Crippen LogP) is 4.46. The van der Waals surface area contributed by atoms with Gasteiger partial charge in [0, 0.05) is 22.7 Å². The number of aromatic nitrogens is 1. The second kappa shape index (κ2) is 7.53. The lowest BCUT2D eigenvalue weighted by molar-refractivity contribution is 0.0695. The van der Waals surface area contributed by atoms with Crippen molar-refractivity contribution in [1.82, 2.24) is 4.57 Å². The topological polar surface area (TPSA) is 90.1 Å². The summed E-state index contributed by atoms with van der Waals surface area (Å²) in [6, 6.07) is 5.93. The van der Waals surface area contributed by atoms with Crippen LogP contribution in [0.5, 0.6) is 5.75 Å². The maximum atomic E-state index is 12.9. The fourth-order valence-corrected chi connectivity index (χ4v) is 5.60. The summed E-state index contributed by atoms with van der Waals surface area (Å²) in [6.07, 6.45) is 6.27. The van der Waals surface area contributed by atoms with Gasteiger partial charge in [0.05, 0.1) is 28.6 Å². The smallest absolute Gasteiger partial charge is 0.341 e. The standard InChI is InChI=1S/C23H22N2O5S/c1-29-21-14(18-10-12-4-3-5-17(24-30-2)22(12)31-18)8-9-15-19(21)25(13-6-7-13)11-16(20(15)26)23(27)28/h8-11,13H,3-7H2,1-2H3,(H,27,28)/b24-17-. The highest BCUT2D eigenvalue weighted by Crippen LogP contribution is 2.45. The van der Waals surface area contributed by atoms with Crippen LogP contribution in [0.2, 0.25) is 0 Å². The van der Waals surface area contributed by atoms with Gasteiger partial charge in [-0.1, -0.05) is 5.16 Å². The number of thiophene rings is 1. The Morgan fingerprint density at radius 2 is 2.06 bits per heavy atom. The molecule has 1 N–H and O–H groups in total. The van der Waals surface area contributed by atoms with E-state index in [0.29, 0.717) is 16.7 Å². The molecule has 0 radical (unpaired) electrons. The Kier molecular flexibility index (Phi) is 4.81. The van der Waals surface area contributed by atoms with Gasteiger partial charge in [0.2, 0.25) is 5.43 Å². The van der Waals surface area contributed by atoms with Crippen LogP contribution >= 0.6 is 11.3 Å². The minimum atomic E-state index is -1.21. The van der Waals surface area contributed by atoms with Crippen LogP contribution < -0.4 is 10.2 Å². The third kappa shape index (κ3) is 3.22. The van der Waals surface area contributed by atoms with Crippen LogP contribution in [0.1, 0.15) is 52.5 Å². The molecule has 2 heterocycles. The molecule has 7 nitrogen and oxygen atoms in total. The van der Waals surface area contributed by atoms with E-state index in [9.17, 15) is 14.7 Å². The number of aryl methyl sites for hydroxylation is 1. The number of aromatic carboxylic acids is 1. The van der Waals surface area contributed by atoms with Gasteiger partial charge >= 0.3 is 5.97 Å². The molecule has 5 rings (SSSR count). The molecule has 8 heteroatoms. The molecular formula is C23H22N2O5S. The average molecular weight is 439 g/mol. The van der Waals surface area contributed by atoms with E-state index in [1.165, 1.54) is 11.8 Å². The Bertz CT molecular complexity index is 1300. The molecule has 0 unspecified atom stereocenters. The van der Waals surface area contributed by atoms with E-state index in [0.717, 1.165) is 53.1 Å². The van der Waals surface area contributed by atoms with Gasteiger partial charge in [0.15, 0.2) is 5.75 Å². The number of fused-ring (bicyclic) bond motifs is 2. The number of carboxylic acids is 1. The minimum absolute atomic E-state index is 0.183. The number of benzene rings is 1. The normalized spacial score (nSPS) is 17.0. The van der Waals surface area contributed by atoms with Gasteiger partial charge in [-0.2, -0.15) is 0 Å². The zero-order valence-corrected chi connectivity index (χ0v) is 18.1. The van der Waals surface area contributed by atoms with Crippen molar-refractivity contribution in [2.45, 2.75) is 38.1 Å². The highest BCUT2D eigenvalue weighted by molar-refractivity contribution is 7.17. The molecule has 0 bridgehead atoms. The number of hydrogen-bond donors (Lipinski definition) is 1. The Labute approximate surface area is 182 Å². The van der Waals surface area contributed by atoms with Crippen LogP contribution in [0.4, 0.5) is 0 Å². The van der Waals surface area contributed by atoms with Crippen molar-refractivity contribution < 1.29 is 19.5 Å². The number of rotatable bonds is 5. The molecule has 1 saturated carbocycles. The van der Waals surface area contributed by atoms with E-state index in [1.54, 1.807) is 31.6 Å². The van der Waals surface area contributed by atoms with Crippen molar-refractivity contribution in [1.29, 1.82) is 0 Å². The monoisotopic (exact) mass is 438 g/mol. The van der Waals surface area contributed by atoms with E-state index < -0.39 is 11.4 Å². The van der Waals surface area contributed by atoms with Crippen molar-refractivity contribution in [3.63, 3.8) is 0 Å². The highest BCUT2D eigenvalue weighted by Gasteiger charge is 2.30. The summed E-state index contributed by atoms with van der Waals surface area (Å²) in [5, 5.41) is 14.1. The summed E-state index contributed by atoms with van der Waals surface area (Å²) in [6.45, 7) is 0. The summed E-state index contributed by atoms with van der Waals surface area (Å²) in [5.74, 6) is -0.609. The molecule has 31 heavy (non-hydrogen) atoms. The molecule has 0 aliphatic heterocycles. The molecule has 2 aromatic heterocycles. The number of carbonyl (C=O) groups is 1. The fourth-order valence-electron chi connectivity index (χ4n) is 4.36. The zero-order chi connectivity index (χ0) is 21.7. The van der Waals surface area contributed by atoms with Crippen LogP contribution in [0.15, 0.2) is 34.3 Å². The summed E-state index contributed by atoms with van der Waals surface area (Å²) in [5.41, 5.74) is 3.06. The van der Waals surface area contributed by atoms with Crippen LogP contribution in [0.25, 0.3) is 21.3 Å². The van der Waals surface area contributed by atoms with Crippen LogP contribution in [0, 0.1) is 0 Å². The number of pyridine rings is 1. The Morgan fingerprint density at radius 3 is 2.74 bits per heavy atom. The second-order valence-electron chi connectivity index (χ2n) is 7.90. The third-order valence-corrected chi connectivity index (χ3v) is 7.18. The maximum Gasteiger partial charge on any atom is 0.341 e. The highest BCUT2D eigenvalue weighted by atomic mass is 32.1. The van der Waals surface area contributed by atoms with Crippen LogP contribution in [0.3, 0.4) is 0 Å². The first-order valence-electron chi connectivity index (χ1n) is 10.3. The van der Waals surface area contributed by atoms with Crippen molar-refractivity contribution in [2.24, 2.45) is 5.16 Å². The van der Waals surface area contributed by atoms with Gasteiger partial charge < -0.3 is 19.2 Å². The summed E-state index contributed by atoms with van der Waals surface area (Å²) in [7, 11) is 3.15. The van der Waals surface area contributed by atoms with Crippen molar-refractivity contribution in [3.05, 3.63) is 50.6 Å². The van der Waals surface area contributed by atoms with E-state index in [1.807, 2.05) is 10.6 Å². The Morgan fingerprint density at radius 1 is 1.26 bits per heavy atom. The third-order valence-electron chi connectivity index (χ3n) is 5.92. The molecule has 1 aromatic carbocycles.